The van der Waals surface area contributed by atoms with E-state index in [2.05, 4.69) is 17.4 Å². The highest BCUT2D eigenvalue weighted by molar-refractivity contribution is 5.97. The predicted octanol–water partition coefficient (Wildman–Crippen LogP) is 4.41. The van der Waals surface area contributed by atoms with Gasteiger partial charge in [-0.3, -0.25) is 4.79 Å². The first-order valence-corrected chi connectivity index (χ1v) is 8.30. The zero-order valence-electron chi connectivity index (χ0n) is 14.2. The van der Waals surface area contributed by atoms with Gasteiger partial charge < -0.3 is 10.1 Å². The van der Waals surface area contributed by atoms with Gasteiger partial charge >= 0.3 is 0 Å². The van der Waals surface area contributed by atoms with Crippen molar-refractivity contribution in [3.8, 4) is 5.75 Å². The van der Waals surface area contributed by atoms with E-state index in [0.717, 1.165) is 12.0 Å². The van der Waals surface area contributed by atoms with Crippen LogP contribution in [0.4, 0.5) is 0 Å². The van der Waals surface area contributed by atoms with Crippen LogP contribution in [0.2, 0.25) is 0 Å². The maximum absolute atomic E-state index is 12.8. The van der Waals surface area contributed by atoms with Crippen molar-refractivity contribution in [1.82, 2.24) is 5.32 Å². The van der Waals surface area contributed by atoms with Crippen LogP contribution in [0.15, 0.2) is 84.9 Å². The van der Waals surface area contributed by atoms with Crippen LogP contribution < -0.4 is 10.1 Å². The number of methoxy groups -OCH3 is 1. The average Bonchev–Trinajstić information content (AvgIpc) is 2.69. The number of ether oxygens (including phenoxy) is 1. The molecule has 1 amide bonds. The minimum Gasteiger partial charge on any atom is -0.496 e. The summed E-state index contributed by atoms with van der Waals surface area (Å²) in [6.45, 7) is 0. The smallest absolute Gasteiger partial charge is 0.255 e. The minimum absolute atomic E-state index is 0.110. The Morgan fingerprint density at radius 2 is 1.48 bits per heavy atom. The monoisotopic (exact) mass is 331 g/mol. The van der Waals surface area contributed by atoms with E-state index < -0.39 is 0 Å². The van der Waals surface area contributed by atoms with Crippen LogP contribution in [0.5, 0.6) is 5.75 Å². The molecule has 3 aromatic rings. The van der Waals surface area contributed by atoms with E-state index in [1.54, 1.807) is 19.2 Å². The molecule has 1 atom stereocenters. The summed E-state index contributed by atoms with van der Waals surface area (Å²) in [5.41, 5.74) is 2.80. The van der Waals surface area contributed by atoms with Crippen molar-refractivity contribution >= 4 is 5.91 Å². The Hall–Kier alpha value is -3.07. The van der Waals surface area contributed by atoms with Crippen molar-refractivity contribution < 1.29 is 9.53 Å². The molecule has 126 valence electrons. The van der Waals surface area contributed by atoms with Crippen LogP contribution in [-0.4, -0.2) is 13.0 Å². The maximum Gasteiger partial charge on any atom is 0.255 e. The number of amides is 1. The number of carbonyl (C=O) groups excluding carboxylic acids is 1. The zero-order chi connectivity index (χ0) is 17.5. The predicted molar refractivity (Wildman–Crippen MR) is 99.8 cm³/mol. The molecule has 0 aliphatic heterocycles. The summed E-state index contributed by atoms with van der Waals surface area (Å²) in [5, 5.41) is 3.15. The second-order valence-corrected chi connectivity index (χ2v) is 5.83. The van der Waals surface area contributed by atoms with Gasteiger partial charge in [0.25, 0.3) is 5.91 Å². The number of nitrogens with one attached hydrogen (secondary N) is 1. The Labute approximate surface area is 148 Å². The molecule has 0 spiro atoms. The first-order chi connectivity index (χ1) is 12.3. The van der Waals surface area contributed by atoms with Gasteiger partial charge in [-0.1, -0.05) is 72.8 Å². The molecule has 0 aromatic heterocycles. The van der Waals surface area contributed by atoms with E-state index in [4.69, 9.17) is 4.74 Å². The SMILES string of the molecule is COc1ccccc1C(=O)NC(Cc1ccccc1)c1ccccc1. The fraction of sp³-hybridized carbons (Fsp3) is 0.136. The fourth-order valence-corrected chi connectivity index (χ4v) is 2.86. The topological polar surface area (TPSA) is 38.3 Å². The minimum atomic E-state index is -0.137. The summed E-state index contributed by atoms with van der Waals surface area (Å²) >= 11 is 0. The van der Waals surface area contributed by atoms with Crippen LogP contribution in [0.3, 0.4) is 0 Å². The number of carbonyl (C=O) groups is 1. The largest absolute Gasteiger partial charge is 0.496 e. The third-order valence-electron chi connectivity index (χ3n) is 4.14. The highest BCUT2D eigenvalue weighted by atomic mass is 16.5. The Bertz CT molecular complexity index is 816. The van der Waals surface area contributed by atoms with Crippen LogP contribution in [0.1, 0.15) is 27.5 Å². The zero-order valence-corrected chi connectivity index (χ0v) is 14.2. The molecule has 3 aromatic carbocycles. The maximum atomic E-state index is 12.8. The lowest BCUT2D eigenvalue weighted by atomic mass is 9.98. The van der Waals surface area contributed by atoms with Crippen LogP contribution in [0.25, 0.3) is 0 Å². The number of para-hydroxylation sites is 1. The number of rotatable bonds is 6. The van der Waals surface area contributed by atoms with Gasteiger partial charge in [0.1, 0.15) is 5.75 Å². The highest BCUT2D eigenvalue weighted by Gasteiger charge is 2.18. The van der Waals surface area contributed by atoms with Crippen molar-refractivity contribution in [2.75, 3.05) is 7.11 Å². The molecule has 1 N–H and O–H groups in total. The summed E-state index contributed by atoms with van der Waals surface area (Å²) in [6.07, 6.45) is 0.728. The average molecular weight is 331 g/mol. The second kappa shape index (κ2) is 8.15. The van der Waals surface area contributed by atoms with Crippen LogP contribution in [0, 0.1) is 0 Å². The molecule has 3 nitrogen and oxygen atoms in total. The Balaban J connectivity index is 1.86. The molecule has 0 aliphatic carbocycles. The number of hydrogen-bond acceptors (Lipinski definition) is 2. The number of hydrogen-bond donors (Lipinski definition) is 1. The molecule has 0 radical (unpaired) electrons. The molecule has 0 saturated heterocycles. The summed E-state index contributed by atoms with van der Waals surface area (Å²) in [5.74, 6) is 0.439. The lowest BCUT2D eigenvalue weighted by molar-refractivity contribution is 0.0933. The van der Waals surface area contributed by atoms with Gasteiger partial charge in [-0.2, -0.15) is 0 Å². The summed E-state index contributed by atoms with van der Waals surface area (Å²) in [7, 11) is 1.57. The van der Waals surface area contributed by atoms with Gasteiger partial charge in [0.15, 0.2) is 0 Å². The van der Waals surface area contributed by atoms with E-state index in [9.17, 15) is 4.79 Å². The molecule has 0 bridgehead atoms. The number of benzene rings is 3. The van der Waals surface area contributed by atoms with Crippen molar-refractivity contribution in [3.63, 3.8) is 0 Å². The summed E-state index contributed by atoms with van der Waals surface area (Å²) in [4.78, 5) is 12.8. The molecule has 3 rings (SSSR count). The van der Waals surface area contributed by atoms with Gasteiger partial charge in [-0.15, -0.1) is 0 Å². The van der Waals surface area contributed by atoms with Gasteiger partial charge in [0.2, 0.25) is 0 Å². The Morgan fingerprint density at radius 1 is 0.880 bits per heavy atom. The van der Waals surface area contributed by atoms with Crippen LogP contribution in [-0.2, 0) is 6.42 Å². The van der Waals surface area contributed by atoms with Gasteiger partial charge in [-0.25, -0.2) is 0 Å². The lowest BCUT2D eigenvalue weighted by Gasteiger charge is -2.20. The van der Waals surface area contributed by atoms with E-state index in [1.165, 1.54) is 5.56 Å². The van der Waals surface area contributed by atoms with Crippen LogP contribution >= 0.6 is 0 Å². The molecule has 1 unspecified atom stereocenters. The fourth-order valence-electron chi connectivity index (χ4n) is 2.86. The second-order valence-electron chi connectivity index (χ2n) is 5.83. The van der Waals surface area contributed by atoms with Crippen molar-refractivity contribution in [3.05, 3.63) is 102 Å². The molecule has 0 aliphatic rings. The Morgan fingerprint density at radius 3 is 2.16 bits per heavy atom. The van der Waals surface area contributed by atoms with E-state index in [0.29, 0.717) is 11.3 Å². The van der Waals surface area contributed by atoms with Gasteiger partial charge in [-0.05, 0) is 29.7 Å². The third kappa shape index (κ3) is 4.27. The molecule has 3 heteroatoms. The quantitative estimate of drug-likeness (QED) is 0.726. The third-order valence-corrected chi connectivity index (χ3v) is 4.14. The van der Waals surface area contributed by atoms with Gasteiger partial charge in [0, 0.05) is 0 Å². The van der Waals surface area contributed by atoms with Gasteiger partial charge in [0.05, 0.1) is 18.7 Å². The molecule has 0 fully saturated rings. The normalized spacial score (nSPS) is 11.6. The standard InChI is InChI=1S/C22H21NO2/c1-25-21-15-9-8-14-19(21)22(24)23-20(18-12-6-3-7-13-18)16-17-10-4-2-5-11-17/h2-15,20H,16H2,1H3,(H,23,24). The molecule has 0 heterocycles. The van der Waals surface area contributed by atoms with Crippen molar-refractivity contribution in [2.24, 2.45) is 0 Å². The van der Waals surface area contributed by atoms with E-state index in [1.807, 2.05) is 60.7 Å². The first kappa shape index (κ1) is 16.8. The van der Waals surface area contributed by atoms with Crippen molar-refractivity contribution in [2.45, 2.75) is 12.5 Å². The lowest BCUT2D eigenvalue weighted by Crippen LogP contribution is -2.30. The van der Waals surface area contributed by atoms with Crippen molar-refractivity contribution in [1.29, 1.82) is 0 Å². The van der Waals surface area contributed by atoms with E-state index >= 15 is 0 Å². The first-order valence-electron chi connectivity index (χ1n) is 8.30. The summed E-state index contributed by atoms with van der Waals surface area (Å²) < 4.78 is 5.31. The molecule has 0 saturated carbocycles. The molecule has 25 heavy (non-hydrogen) atoms. The Kier molecular flexibility index (Phi) is 5.47. The molecular formula is C22H21NO2. The highest BCUT2D eigenvalue weighted by Crippen LogP contribution is 2.22. The summed E-state index contributed by atoms with van der Waals surface area (Å²) in [6, 6.07) is 27.4. The molecular weight excluding hydrogens is 310 g/mol. The van der Waals surface area contributed by atoms with E-state index in [-0.39, 0.29) is 11.9 Å².